The Labute approximate surface area is 150 Å². The molecule has 2 aliphatic rings. The van der Waals surface area contributed by atoms with Gasteiger partial charge in [-0.25, -0.2) is 0 Å². The first-order valence-electron chi connectivity index (χ1n) is 9.54. The van der Waals surface area contributed by atoms with E-state index in [-0.39, 0.29) is 29.9 Å². The van der Waals surface area contributed by atoms with Crippen molar-refractivity contribution in [2.45, 2.75) is 58.3 Å². The van der Waals surface area contributed by atoms with Gasteiger partial charge in [0.1, 0.15) is 6.10 Å². The van der Waals surface area contributed by atoms with E-state index in [1.165, 1.54) is 0 Å². The number of carbonyl (C=O) groups excluding carboxylic acids is 2. The van der Waals surface area contributed by atoms with Crippen LogP contribution in [0.5, 0.6) is 0 Å². The molecule has 0 aromatic carbocycles. The maximum atomic E-state index is 12.2. The van der Waals surface area contributed by atoms with E-state index in [9.17, 15) is 14.7 Å². The van der Waals surface area contributed by atoms with Gasteiger partial charge in [-0.2, -0.15) is 0 Å². The van der Waals surface area contributed by atoms with Crippen molar-refractivity contribution in [1.29, 1.82) is 0 Å². The van der Waals surface area contributed by atoms with Gasteiger partial charge in [-0.3, -0.25) is 14.5 Å². The molecule has 2 N–H and O–H groups in total. The maximum absolute atomic E-state index is 12.2. The summed E-state index contributed by atoms with van der Waals surface area (Å²) in [5.74, 6) is 0.114. The minimum Gasteiger partial charge on any atom is -0.388 e. The van der Waals surface area contributed by atoms with Crippen LogP contribution in [0.2, 0.25) is 0 Å². The number of aliphatic hydroxyl groups is 1. The Kier molecular flexibility index (Phi) is 7.65. The van der Waals surface area contributed by atoms with Crippen LogP contribution >= 0.6 is 0 Å². The average molecular weight is 355 g/mol. The zero-order valence-electron chi connectivity index (χ0n) is 15.7. The molecule has 3 unspecified atom stereocenters. The smallest absolute Gasteiger partial charge is 0.223 e. The van der Waals surface area contributed by atoms with Crippen LogP contribution in [0.4, 0.5) is 0 Å². The molecule has 0 radical (unpaired) electrons. The second-order valence-corrected chi connectivity index (χ2v) is 7.15. The van der Waals surface area contributed by atoms with E-state index in [4.69, 9.17) is 4.74 Å². The number of carbonyl (C=O) groups is 2. The quantitative estimate of drug-likeness (QED) is 0.712. The highest BCUT2D eigenvalue weighted by Crippen LogP contribution is 2.18. The molecule has 2 rings (SSSR count). The van der Waals surface area contributed by atoms with Gasteiger partial charge in [0.2, 0.25) is 11.8 Å². The maximum Gasteiger partial charge on any atom is 0.223 e. The standard InChI is InChI=1S/C18H33N3O4/c1-4-14(5-2)18(24)19-15-12-25-16(17(15)23)11-20-7-6-8-21(10-9-20)13(3)22/h14-17,23H,4-12H2,1-3H3,(H,19,24). The van der Waals surface area contributed by atoms with Gasteiger partial charge in [-0.05, 0) is 25.8 Å². The lowest BCUT2D eigenvalue weighted by atomic mass is 10.0. The SMILES string of the molecule is CCC(CC)C(=O)NC1COC(CN2CCCN(C(C)=O)CC2)C1O. The van der Waals surface area contributed by atoms with Crippen molar-refractivity contribution < 1.29 is 19.4 Å². The van der Waals surface area contributed by atoms with Crippen LogP contribution in [0, 0.1) is 5.92 Å². The number of aliphatic hydroxyl groups excluding tert-OH is 1. The molecule has 0 aliphatic carbocycles. The molecule has 3 atom stereocenters. The van der Waals surface area contributed by atoms with Gasteiger partial charge in [0.25, 0.3) is 0 Å². The summed E-state index contributed by atoms with van der Waals surface area (Å²) in [6.07, 6.45) is 1.55. The molecule has 2 heterocycles. The molecule has 0 saturated carbocycles. The second-order valence-electron chi connectivity index (χ2n) is 7.15. The van der Waals surface area contributed by atoms with E-state index in [0.717, 1.165) is 38.9 Å². The molecule has 2 amide bonds. The molecule has 2 saturated heterocycles. The number of amides is 2. The summed E-state index contributed by atoms with van der Waals surface area (Å²) in [5.41, 5.74) is 0. The minimum absolute atomic E-state index is 0.00479. The van der Waals surface area contributed by atoms with Gasteiger partial charge >= 0.3 is 0 Å². The van der Waals surface area contributed by atoms with Crippen molar-refractivity contribution in [1.82, 2.24) is 15.1 Å². The Hall–Kier alpha value is -1.18. The average Bonchev–Trinajstić information content (AvgIpc) is 2.78. The first-order chi connectivity index (χ1) is 12.0. The molecular weight excluding hydrogens is 322 g/mol. The summed E-state index contributed by atoms with van der Waals surface area (Å²) in [6, 6.07) is -0.334. The van der Waals surface area contributed by atoms with E-state index in [1.807, 2.05) is 18.7 Å². The van der Waals surface area contributed by atoms with E-state index in [0.29, 0.717) is 19.7 Å². The summed E-state index contributed by atoms with van der Waals surface area (Å²) in [6.45, 7) is 9.77. The lowest BCUT2D eigenvalue weighted by molar-refractivity contribution is -0.128. The molecule has 144 valence electrons. The Morgan fingerprint density at radius 1 is 1.20 bits per heavy atom. The van der Waals surface area contributed by atoms with E-state index in [2.05, 4.69) is 10.2 Å². The van der Waals surface area contributed by atoms with E-state index in [1.54, 1.807) is 6.92 Å². The van der Waals surface area contributed by atoms with Crippen molar-refractivity contribution >= 4 is 11.8 Å². The predicted molar refractivity (Wildman–Crippen MR) is 95.1 cm³/mol. The topological polar surface area (TPSA) is 82.1 Å². The summed E-state index contributed by atoms with van der Waals surface area (Å²) in [4.78, 5) is 27.8. The van der Waals surface area contributed by atoms with Crippen LogP contribution in [0.15, 0.2) is 0 Å². The van der Waals surface area contributed by atoms with Gasteiger partial charge in [-0.1, -0.05) is 13.8 Å². The monoisotopic (exact) mass is 355 g/mol. The summed E-state index contributed by atoms with van der Waals surface area (Å²) >= 11 is 0. The van der Waals surface area contributed by atoms with Crippen LogP contribution in [0.25, 0.3) is 0 Å². The Morgan fingerprint density at radius 2 is 1.92 bits per heavy atom. The van der Waals surface area contributed by atoms with Gasteiger partial charge in [0, 0.05) is 39.0 Å². The minimum atomic E-state index is -0.689. The number of ether oxygens (including phenoxy) is 1. The Bertz CT molecular complexity index is 456. The molecule has 2 fully saturated rings. The van der Waals surface area contributed by atoms with Crippen LogP contribution in [0.1, 0.15) is 40.0 Å². The number of rotatable bonds is 6. The first-order valence-corrected chi connectivity index (χ1v) is 9.54. The third kappa shape index (κ3) is 5.39. The number of hydrogen-bond acceptors (Lipinski definition) is 5. The fourth-order valence-corrected chi connectivity index (χ4v) is 3.65. The molecular formula is C18H33N3O4. The van der Waals surface area contributed by atoms with Crippen LogP contribution in [0.3, 0.4) is 0 Å². The fraction of sp³-hybridized carbons (Fsp3) is 0.889. The zero-order chi connectivity index (χ0) is 18.4. The predicted octanol–water partition coefficient (Wildman–Crippen LogP) is 0.221. The van der Waals surface area contributed by atoms with Crippen LogP contribution < -0.4 is 5.32 Å². The van der Waals surface area contributed by atoms with Gasteiger partial charge in [-0.15, -0.1) is 0 Å². The highest BCUT2D eigenvalue weighted by atomic mass is 16.5. The summed E-state index contributed by atoms with van der Waals surface area (Å²) in [5, 5.41) is 13.5. The third-order valence-electron chi connectivity index (χ3n) is 5.44. The number of hydrogen-bond donors (Lipinski definition) is 2. The highest BCUT2D eigenvalue weighted by Gasteiger charge is 2.38. The fourth-order valence-electron chi connectivity index (χ4n) is 3.65. The molecule has 0 aromatic heterocycles. The molecule has 0 bridgehead atoms. The van der Waals surface area contributed by atoms with E-state index < -0.39 is 6.10 Å². The third-order valence-corrected chi connectivity index (χ3v) is 5.44. The van der Waals surface area contributed by atoms with Crippen molar-refractivity contribution in [2.24, 2.45) is 5.92 Å². The highest BCUT2D eigenvalue weighted by molar-refractivity contribution is 5.79. The zero-order valence-corrected chi connectivity index (χ0v) is 15.7. The molecule has 25 heavy (non-hydrogen) atoms. The van der Waals surface area contributed by atoms with Crippen LogP contribution in [-0.4, -0.2) is 84.3 Å². The molecule has 7 nitrogen and oxygen atoms in total. The number of nitrogens with zero attached hydrogens (tertiary/aromatic N) is 2. The lowest BCUT2D eigenvalue weighted by Crippen LogP contribution is -2.48. The van der Waals surface area contributed by atoms with E-state index >= 15 is 0 Å². The first kappa shape index (κ1) is 20.1. The second kappa shape index (κ2) is 9.50. The summed E-state index contributed by atoms with van der Waals surface area (Å²) in [7, 11) is 0. The van der Waals surface area contributed by atoms with Crippen molar-refractivity contribution in [2.75, 3.05) is 39.3 Å². The molecule has 7 heteroatoms. The van der Waals surface area contributed by atoms with Crippen molar-refractivity contribution in [3.63, 3.8) is 0 Å². The van der Waals surface area contributed by atoms with Gasteiger partial charge in [0.05, 0.1) is 18.8 Å². The number of nitrogens with one attached hydrogen (secondary N) is 1. The molecule has 0 aromatic rings. The summed E-state index contributed by atoms with van der Waals surface area (Å²) < 4.78 is 5.76. The molecule has 2 aliphatic heterocycles. The van der Waals surface area contributed by atoms with Gasteiger partial charge < -0.3 is 20.1 Å². The normalized spacial score (nSPS) is 28.2. The molecule has 0 spiro atoms. The van der Waals surface area contributed by atoms with Crippen molar-refractivity contribution in [3.8, 4) is 0 Å². The lowest BCUT2D eigenvalue weighted by Gasteiger charge is -2.26. The van der Waals surface area contributed by atoms with Gasteiger partial charge in [0.15, 0.2) is 0 Å². The van der Waals surface area contributed by atoms with Crippen LogP contribution in [-0.2, 0) is 14.3 Å². The largest absolute Gasteiger partial charge is 0.388 e. The Balaban J connectivity index is 1.82. The van der Waals surface area contributed by atoms with Crippen molar-refractivity contribution in [3.05, 3.63) is 0 Å². The Morgan fingerprint density at radius 3 is 2.56 bits per heavy atom.